The van der Waals surface area contributed by atoms with E-state index < -0.39 is 0 Å². The van der Waals surface area contributed by atoms with E-state index in [9.17, 15) is 0 Å². The summed E-state index contributed by atoms with van der Waals surface area (Å²) < 4.78 is 0. The van der Waals surface area contributed by atoms with Crippen LogP contribution in [0.25, 0.3) is 0 Å². The molecule has 1 heteroatoms. The number of nitrogens with two attached hydrogens (primary N) is 1. The Bertz CT molecular complexity index is 84.6. The van der Waals surface area contributed by atoms with Gasteiger partial charge in [-0.25, -0.2) is 0 Å². The molecule has 54 valence electrons. The molecule has 0 aliphatic carbocycles. The molecule has 0 atom stereocenters. The van der Waals surface area contributed by atoms with Crippen molar-refractivity contribution in [1.82, 2.24) is 0 Å². The summed E-state index contributed by atoms with van der Waals surface area (Å²) in [7, 11) is 0. The second kappa shape index (κ2) is 5.83. The number of unbranched alkanes of at least 4 members (excludes halogenated alkanes) is 2. The lowest BCUT2D eigenvalue weighted by molar-refractivity contribution is 0.809. The zero-order valence-electron chi connectivity index (χ0n) is 6.48. The van der Waals surface area contributed by atoms with Gasteiger partial charge in [-0.2, -0.15) is 0 Å². The first kappa shape index (κ1) is 8.70. The molecule has 0 spiro atoms. The number of rotatable bonds is 4. The smallest absolute Gasteiger partial charge is 0.0134 e. The molecule has 0 saturated heterocycles. The lowest BCUT2D eigenvalue weighted by atomic mass is 10.2. The normalized spacial score (nSPS) is 12.1. The maximum absolute atomic E-state index is 5.39. The van der Waals surface area contributed by atoms with E-state index in [0.717, 1.165) is 0 Å². The molecule has 0 unspecified atom stereocenters. The van der Waals surface area contributed by atoms with Crippen molar-refractivity contribution in [1.29, 1.82) is 0 Å². The van der Waals surface area contributed by atoms with E-state index in [2.05, 4.69) is 19.9 Å². The standard InChI is InChI=1S/C8H17N/c1-3-4-5-6-8(2)7-9/h6H,3-5,7,9H2,1-2H3/b8-6+. The van der Waals surface area contributed by atoms with Crippen molar-refractivity contribution in [2.45, 2.75) is 33.1 Å². The second-order valence-corrected chi connectivity index (χ2v) is 2.40. The summed E-state index contributed by atoms with van der Waals surface area (Å²) >= 11 is 0. The Balaban J connectivity index is 3.21. The number of allylic oxidation sites excluding steroid dienone is 1. The van der Waals surface area contributed by atoms with Crippen LogP contribution in [-0.4, -0.2) is 6.54 Å². The van der Waals surface area contributed by atoms with Crippen LogP contribution >= 0.6 is 0 Å². The molecule has 0 aromatic heterocycles. The monoisotopic (exact) mass is 127 g/mol. The highest BCUT2D eigenvalue weighted by Crippen LogP contribution is 1.98. The topological polar surface area (TPSA) is 26.0 Å². The molecule has 1 nitrogen and oxygen atoms in total. The first-order chi connectivity index (χ1) is 4.31. The van der Waals surface area contributed by atoms with E-state index >= 15 is 0 Å². The van der Waals surface area contributed by atoms with Gasteiger partial charge in [-0.05, 0) is 13.3 Å². The maximum Gasteiger partial charge on any atom is 0.0134 e. The first-order valence-corrected chi connectivity index (χ1v) is 3.67. The summed E-state index contributed by atoms with van der Waals surface area (Å²) in [6, 6.07) is 0. The molecule has 9 heavy (non-hydrogen) atoms. The molecule has 0 heterocycles. The highest BCUT2D eigenvalue weighted by molar-refractivity contribution is 4.98. The third-order valence-electron chi connectivity index (χ3n) is 1.37. The molecule has 2 N–H and O–H groups in total. The van der Waals surface area contributed by atoms with E-state index in [4.69, 9.17) is 5.73 Å². The molecule has 0 bridgehead atoms. The van der Waals surface area contributed by atoms with Gasteiger partial charge in [0, 0.05) is 6.54 Å². The highest BCUT2D eigenvalue weighted by atomic mass is 14.5. The van der Waals surface area contributed by atoms with Crippen molar-refractivity contribution in [3.05, 3.63) is 11.6 Å². The van der Waals surface area contributed by atoms with E-state index in [1.54, 1.807) is 0 Å². The second-order valence-electron chi connectivity index (χ2n) is 2.40. The number of hydrogen-bond acceptors (Lipinski definition) is 1. The van der Waals surface area contributed by atoms with Crippen LogP contribution in [0.15, 0.2) is 11.6 Å². The van der Waals surface area contributed by atoms with Crippen LogP contribution in [0.5, 0.6) is 0 Å². The van der Waals surface area contributed by atoms with Crippen molar-refractivity contribution in [2.75, 3.05) is 6.54 Å². The van der Waals surface area contributed by atoms with Gasteiger partial charge in [0.1, 0.15) is 0 Å². The summed E-state index contributed by atoms with van der Waals surface area (Å²) in [5.41, 5.74) is 6.69. The average Bonchev–Trinajstić information content (AvgIpc) is 1.89. The summed E-state index contributed by atoms with van der Waals surface area (Å²) in [6.07, 6.45) is 5.98. The Morgan fingerprint density at radius 3 is 2.67 bits per heavy atom. The maximum atomic E-state index is 5.39. The minimum absolute atomic E-state index is 0.712. The van der Waals surface area contributed by atoms with Crippen LogP contribution in [-0.2, 0) is 0 Å². The van der Waals surface area contributed by atoms with Crippen LogP contribution in [0, 0.1) is 0 Å². The largest absolute Gasteiger partial charge is 0.327 e. The predicted octanol–water partition coefficient (Wildman–Crippen LogP) is 2.08. The van der Waals surface area contributed by atoms with Crippen molar-refractivity contribution in [2.24, 2.45) is 5.73 Å². The Hall–Kier alpha value is -0.300. The molecule has 0 rings (SSSR count). The van der Waals surface area contributed by atoms with Crippen molar-refractivity contribution in [3.63, 3.8) is 0 Å². The fourth-order valence-corrected chi connectivity index (χ4v) is 0.636. The van der Waals surface area contributed by atoms with Gasteiger partial charge in [0.15, 0.2) is 0 Å². The Labute approximate surface area is 57.9 Å². The molecular weight excluding hydrogens is 110 g/mol. The van der Waals surface area contributed by atoms with Crippen LogP contribution in [0.1, 0.15) is 33.1 Å². The van der Waals surface area contributed by atoms with E-state index in [1.165, 1.54) is 24.8 Å². The molecule has 0 aromatic rings. The van der Waals surface area contributed by atoms with Gasteiger partial charge >= 0.3 is 0 Å². The van der Waals surface area contributed by atoms with Gasteiger partial charge in [0.2, 0.25) is 0 Å². The van der Waals surface area contributed by atoms with Crippen LogP contribution < -0.4 is 5.73 Å². The molecule has 0 radical (unpaired) electrons. The summed E-state index contributed by atoms with van der Waals surface area (Å²) in [5, 5.41) is 0. The molecule has 0 aliphatic rings. The molecule has 0 saturated carbocycles. The number of hydrogen-bond donors (Lipinski definition) is 1. The Morgan fingerprint density at radius 2 is 2.22 bits per heavy atom. The van der Waals surface area contributed by atoms with Gasteiger partial charge in [-0.3, -0.25) is 0 Å². The van der Waals surface area contributed by atoms with Gasteiger partial charge in [-0.15, -0.1) is 0 Å². The third-order valence-corrected chi connectivity index (χ3v) is 1.37. The van der Waals surface area contributed by atoms with Crippen molar-refractivity contribution in [3.8, 4) is 0 Å². The zero-order chi connectivity index (χ0) is 7.11. The van der Waals surface area contributed by atoms with Crippen molar-refractivity contribution >= 4 is 0 Å². The minimum Gasteiger partial charge on any atom is -0.327 e. The SMILES string of the molecule is CCCC/C=C(\C)CN. The van der Waals surface area contributed by atoms with E-state index in [1.807, 2.05) is 0 Å². The molecule has 0 amide bonds. The fraction of sp³-hybridized carbons (Fsp3) is 0.750. The molecule has 0 aliphatic heterocycles. The fourth-order valence-electron chi connectivity index (χ4n) is 0.636. The van der Waals surface area contributed by atoms with E-state index in [0.29, 0.717) is 6.54 Å². The predicted molar refractivity (Wildman–Crippen MR) is 42.3 cm³/mol. The van der Waals surface area contributed by atoms with Gasteiger partial charge < -0.3 is 5.73 Å². The van der Waals surface area contributed by atoms with Gasteiger partial charge in [0.05, 0.1) is 0 Å². The molecule has 0 fully saturated rings. The molecule has 0 aromatic carbocycles. The van der Waals surface area contributed by atoms with Crippen molar-refractivity contribution < 1.29 is 0 Å². The highest BCUT2D eigenvalue weighted by Gasteiger charge is 1.82. The van der Waals surface area contributed by atoms with Crippen LogP contribution in [0.3, 0.4) is 0 Å². The quantitative estimate of drug-likeness (QED) is 0.454. The summed E-state index contributed by atoms with van der Waals surface area (Å²) in [6.45, 7) is 4.99. The van der Waals surface area contributed by atoms with E-state index in [-0.39, 0.29) is 0 Å². The minimum atomic E-state index is 0.712. The average molecular weight is 127 g/mol. The summed E-state index contributed by atoms with van der Waals surface area (Å²) in [5.74, 6) is 0. The van der Waals surface area contributed by atoms with Gasteiger partial charge in [-0.1, -0.05) is 31.4 Å². The zero-order valence-corrected chi connectivity index (χ0v) is 6.48. The molecular formula is C8H17N. The first-order valence-electron chi connectivity index (χ1n) is 3.67. The summed E-state index contributed by atoms with van der Waals surface area (Å²) in [4.78, 5) is 0. The van der Waals surface area contributed by atoms with Gasteiger partial charge in [0.25, 0.3) is 0 Å². The van der Waals surface area contributed by atoms with Crippen LogP contribution in [0.4, 0.5) is 0 Å². The third kappa shape index (κ3) is 5.57. The van der Waals surface area contributed by atoms with Crippen LogP contribution in [0.2, 0.25) is 0 Å². The lowest BCUT2D eigenvalue weighted by Gasteiger charge is -1.93. The Morgan fingerprint density at radius 1 is 1.56 bits per heavy atom. The lowest BCUT2D eigenvalue weighted by Crippen LogP contribution is -1.99. The Kier molecular flexibility index (Phi) is 5.64.